The van der Waals surface area contributed by atoms with E-state index in [1.54, 1.807) is 0 Å². The summed E-state index contributed by atoms with van der Waals surface area (Å²) in [5.41, 5.74) is 7.65. The van der Waals surface area contributed by atoms with Gasteiger partial charge in [-0.3, -0.25) is 4.98 Å². The average molecular weight is 235 g/mol. The lowest BCUT2D eigenvalue weighted by atomic mass is 9.85. The summed E-state index contributed by atoms with van der Waals surface area (Å²) in [6.45, 7) is 8.57. The first-order valence-corrected chi connectivity index (χ1v) is 6.22. The highest BCUT2D eigenvalue weighted by atomic mass is 15.1. The molecule has 0 bridgehead atoms. The molecule has 0 aromatic carbocycles. The third-order valence-corrected chi connectivity index (χ3v) is 3.14. The van der Waals surface area contributed by atoms with Gasteiger partial charge in [0.15, 0.2) is 0 Å². The Balaban J connectivity index is 2.33. The van der Waals surface area contributed by atoms with Gasteiger partial charge in [0.2, 0.25) is 0 Å². The molecule has 3 heteroatoms. The summed E-state index contributed by atoms with van der Waals surface area (Å²) in [5.74, 6) is 0. The lowest BCUT2D eigenvalue weighted by Gasteiger charge is -2.28. The van der Waals surface area contributed by atoms with E-state index in [1.165, 1.54) is 5.56 Å². The monoisotopic (exact) mass is 235 g/mol. The van der Waals surface area contributed by atoms with Gasteiger partial charge in [0, 0.05) is 25.0 Å². The highest BCUT2D eigenvalue weighted by molar-refractivity contribution is 5.09. The highest BCUT2D eigenvalue weighted by Crippen LogP contribution is 2.19. The van der Waals surface area contributed by atoms with Gasteiger partial charge >= 0.3 is 0 Å². The first-order valence-electron chi connectivity index (χ1n) is 6.22. The van der Waals surface area contributed by atoms with Gasteiger partial charge in [0.05, 0.1) is 0 Å². The fourth-order valence-electron chi connectivity index (χ4n) is 1.67. The van der Waals surface area contributed by atoms with Crippen molar-refractivity contribution >= 4 is 0 Å². The molecule has 1 atom stereocenters. The molecule has 1 heterocycles. The van der Waals surface area contributed by atoms with E-state index in [0.29, 0.717) is 0 Å². The van der Waals surface area contributed by atoms with E-state index in [0.717, 1.165) is 19.5 Å². The number of hydrogen-bond donors (Lipinski definition) is 1. The second kappa shape index (κ2) is 6.12. The molecular formula is C14H25N3. The van der Waals surface area contributed by atoms with Gasteiger partial charge in [0.1, 0.15) is 0 Å². The van der Waals surface area contributed by atoms with Gasteiger partial charge in [-0.15, -0.1) is 0 Å². The number of rotatable bonds is 5. The maximum atomic E-state index is 6.16. The van der Waals surface area contributed by atoms with Crippen molar-refractivity contribution in [3.05, 3.63) is 30.1 Å². The molecule has 0 aliphatic carbocycles. The highest BCUT2D eigenvalue weighted by Gasteiger charge is 2.20. The molecule has 96 valence electrons. The van der Waals surface area contributed by atoms with Crippen molar-refractivity contribution in [2.75, 3.05) is 13.6 Å². The summed E-state index contributed by atoms with van der Waals surface area (Å²) in [5, 5.41) is 0. The van der Waals surface area contributed by atoms with Crippen LogP contribution in [-0.2, 0) is 6.54 Å². The minimum Gasteiger partial charge on any atom is -0.327 e. The molecular weight excluding hydrogens is 210 g/mol. The molecule has 17 heavy (non-hydrogen) atoms. The van der Waals surface area contributed by atoms with Crippen molar-refractivity contribution in [3.63, 3.8) is 0 Å². The third-order valence-electron chi connectivity index (χ3n) is 3.14. The number of hydrogen-bond acceptors (Lipinski definition) is 3. The molecule has 0 saturated heterocycles. The molecule has 0 spiro atoms. The summed E-state index contributed by atoms with van der Waals surface area (Å²) in [4.78, 5) is 6.33. The molecule has 0 fully saturated rings. The van der Waals surface area contributed by atoms with Crippen molar-refractivity contribution in [2.24, 2.45) is 11.1 Å². The molecule has 1 unspecified atom stereocenters. The van der Waals surface area contributed by atoms with Gasteiger partial charge in [-0.2, -0.15) is 0 Å². The van der Waals surface area contributed by atoms with E-state index in [9.17, 15) is 0 Å². The summed E-state index contributed by atoms with van der Waals surface area (Å²) in [6, 6.07) is 4.36. The normalized spacial score (nSPS) is 14.0. The quantitative estimate of drug-likeness (QED) is 0.851. The fraction of sp³-hybridized carbons (Fsp3) is 0.643. The Morgan fingerprint density at radius 2 is 1.88 bits per heavy atom. The predicted octanol–water partition coefficient (Wildman–Crippen LogP) is 2.28. The van der Waals surface area contributed by atoms with Gasteiger partial charge in [0.25, 0.3) is 0 Å². The SMILES string of the molecule is CN(CCC(N)C(C)(C)C)Cc1ccncc1. The molecule has 2 N–H and O–H groups in total. The van der Waals surface area contributed by atoms with Crippen molar-refractivity contribution in [2.45, 2.75) is 39.8 Å². The third kappa shape index (κ3) is 5.29. The Hall–Kier alpha value is -0.930. The minimum atomic E-state index is 0.192. The first-order chi connectivity index (χ1) is 7.89. The van der Waals surface area contributed by atoms with E-state index < -0.39 is 0 Å². The van der Waals surface area contributed by atoms with Crippen molar-refractivity contribution < 1.29 is 0 Å². The molecule has 0 aliphatic heterocycles. The Morgan fingerprint density at radius 3 is 2.41 bits per heavy atom. The molecule has 1 rings (SSSR count). The van der Waals surface area contributed by atoms with Crippen LogP contribution in [0.3, 0.4) is 0 Å². The number of nitrogens with zero attached hydrogens (tertiary/aromatic N) is 2. The van der Waals surface area contributed by atoms with Crippen LogP contribution in [-0.4, -0.2) is 29.5 Å². The molecule has 0 aliphatic rings. The summed E-state index contributed by atoms with van der Waals surface area (Å²) in [7, 11) is 2.13. The lowest BCUT2D eigenvalue weighted by Crippen LogP contribution is -2.37. The molecule has 0 saturated carbocycles. The molecule has 0 amide bonds. The first kappa shape index (κ1) is 14.1. The number of nitrogens with two attached hydrogens (primary N) is 1. The van der Waals surface area contributed by atoms with E-state index >= 15 is 0 Å². The van der Waals surface area contributed by atoms with Crippen LogP contribution in [0, 0.1) is 5.41 Å². The van der Waals surface area contributed by atoms with E-state index in [2.05, 4.69) is 49.8 Å². The Bertz CT molecular complexity index is 316. The Morgan fingerprint density at radius 1 is 1.29 bits per heavy atom. The zero-order chi connectivity index (χ0) is 12.9. The molecule has 1 aromatic rings. The Labute approximate surface area is 105 Å². The van der Waals surface area contributed by atoms with E-state index in [-0.39, 0.29) is 11.5 Å². The topological polar surface area (TPSA) is 42.1 Å². The van der Waals surface area contributed by atoms with Crippen LogP contribution in [0.15, 0.2) is 24.5 Å². The summed E-state index contributed by atoms with van der Waals surface area (Å²) >= 11 is 0. The van der Waals surface area contributed by atoms with Crippen LogP contribution in [0.2, 0.25) is 0 Å². The Kier molecular flexibility index (Phi) is 5.09. The van der Waals surface area contributed by atoms with Gasteiger partial charge in [-0.25, -0.2) is 0 Å². The van der Waals surface area contributed by atoms with Crippen molar-refractivity contribution in [1.29, 1.82) is 0 Å². The maximum absolute atomic E-state index is 6.16. The van der Waals surface area contributed by atoms with Crippen LogP contribution in [0.5, 0.6) is 0 Å². The molecule has 3 nitrogen and oxygen atoms in total. The second-order valence-electron chi connectivity index (χ2n) is 5.85. The van der Waals surface area contributed by atoms with Crippen LogP contribution in [0.25, 0.3) is 0 Å². The zero-order valence-corrected chi connectivity index (χ0v) is 11.5. The van der Waals surface area contributed by atoms with Crippen molar-refractivity contribution in [1.82, 2.24) is 9.88 Å². The van der Waals surface area contributed by atoms with Gasteiger partial charge in [-0.05, 0) is 43.1 Å². The van der Waals surface area contributed by atoms with Crippen LogP contribution in [0.1, 0.15) is 32.8 Å². The molecule has 0 radical (unpaired) electrons. The summed E-state index contributed by atoms with van der Waals surface area (Å²) < 4.78 is 0. The standard InChI is InChI=1S/C14H25N3/c1-14(2,3)13(15)7-10-17(4)11-12-5-8-16-9-6-12/h5-6,8-9,13H,7,10-11,15H2,1-4H3. The maximum Gasteiger partial charge on any atom is 0.0271 e. The van der Waals surface area contributed by atoms with E-state index in [4.69, 9.17) is 5.73 Å². The summed E-state index contributed by atoms with van der Waals surface area (Å²) in [6.07, 6.45) is 4.71. The number of pyridine rings is 1. The van der Waals surface area contributed by atoms with Crippen LogP contribution >= 0.6 is 0 Å². The van der Waals surface area contributed by atoms with Gasteiger partial charge < -0.3 is 10.6 Å². The zero-order valence-electron chi connectivity index (χ0n) is 11.5. The second-order valence-corrected chi connectivity index (χ2v) is 5.85. The number of aromatic nitrogens is 1. The van der Waals surface area contributed by atoms with Crippen molar-refractivity contribution in [3.8, 4) is 0 Å². The van der Waals surface area contributed by atoms with Crippen LogP contribution < -0.4 is 5.73 Å². The minimum absolute atomic E-state index is 0.192. The molecule has 1 aromatic heterocycles. The van der Waals surface area contributed by atoms with E-state index in [1.807, 2.05) is 12.4 Å². The fourth-order valence-corrected chi connectivity index (χ4v) is 1.67. The largest absolute Gasteiger partial charge is 0.327 e. The lowest BCUT2D eigenvalue weighted by molar-refractivity contribution is 0.251. The smallest absolute Gasteiger partial charge is 0.0271 e. The van der Waals surface area contributed by atoms with Crippen LogP contribution in [0.4, 0.5) is 0 Å². The van der Waals surface area contributed by atoms with Gasteiger partial charge in [-0.1, -0.05) is 20.8 Å². The predicted molar refractivity (Wildman–Crippen MR) is 72.6 cm³/mol. The average Bonchev–Trinajstić information content (AvgIpc) is 2.26.